The van der Waals surface area contributed by atoms with Crippen LogP contribution in [0.15, 0.2) is 10.9 Å². The van der Waals surface area contributed by atoms with Crippen LogP contribution in [0.3, 0.4) is 0 Å². The topological polar surface area (TPSA) is 38.1 Å². The van der Waals surface area contributed by atoms with Crippen LogP contribution < -0.4 is 0 Å². The maximum Gasteiger partial charge on any atom is 0.223 e. The molecule has 2 rings (SSSR count). The van der Waals surface area contributed by atoms with Gasteiger partial charge in [-0.25, -0.2) is 4.98 Å². The first-order chi connectivity index (χ1) is 8.11. The quantitative estimate of drug-likeness (QED) is 0.856. The van der Waals surface area contributed by atoms with E-state index < -0.39 is 0 Å². The van der Waals surface area contributed by atoms with E-state index in [2.05, 4.69) is 27.8 Å². The molecule has 1 aromatic rings. The summed E-state index contributed by atoms with van der Waals surface area (Å²) in [6.45, 7) is 3.75. The number of nitrogens with zero attached hydrogens (tertiary/aromatic N) is 3. The van der Waals surface area contributed by atoms with Crippen molar-refractivity contribution in [2.45, 2.75) is 32.7 Å². The van der Waals surface area contributed by atoms with Crippen LogP contribution >= 0.6 is 15.9 Å². The number of rotatable bonds is 4. The third kappa shape index (κ3) is 2.70. The molecule has 1 fully saturated rings. The number of halogens is 1. The molecule has 0 saturated carbocycles. The van der Waals surface area contributed by atoms with Crippen molar-refractivity contribution in [3.8, 4) is 0 Å². The van der Waals surface area contributed by atoms with E-state index in [1.165, 1.54) is 0 Å². The van der Waals surface area contributed by atoms with Crippen LogP contribution in [0.2, 0.25) is 0 Å². The van der Waals surface area contributed by atoms with Gasteiger partial charge in [-0.2, -0.15) is 0 Å². The molecule has 1 aromatic heterocycles. The fourth-order valence-corrected chi connectivity index (χ4v) is 2.70. The van der Waals surface area contributed by atoms with Crippen LogP contribution in [0.1, 0.15) is 31.9 Å². The summed E-state index contributed by atoms with van der Waals surface area (Å²) in [6, 6.07) is 0. The first-order valence-electron chi connectivity index (χ1n) is 6.05. The first kappa shape index (κ1) is 12.6. The molecule has 1 atom stereocenters. The van der Waals surface area contributed by atoms with Crippen LogP contribution in [0.25, 0.3) is 0 Å². The molecule has 17 heavy (non-hydrogen) atoms. The second-order valence-corrected chi connectivity index (χ2v) is 5.42. The van der Waals surface area contributed by atoms with Crippen molar-refractivity contribution in [2.24, 2.45) is 13.0 Å². The van der Waals surface area contributed by atoms with Crippen LogP contribution in [0, 0.1) is 5.92 Å². The number of amides is 1. The first-order valence-corrected chi connectivity index (χ1v) is 6.85. The lowest BCUT2D eigenvalue weighted by atomic mass is 10.0. The highest BCUT2D eigenvalue weighted by molar-refractivity contribution is 9.10. The van der Waals surface area contributed by atoms with Crippen molar-refractivity contribution < 1.29 is 4.79 Å². The zero-order chi connectivity index (χ0) is 12.4. The summed E-state index contributed by atoms with van der Waals surface area (Å²) in [6.07, 6.45) is 4.84. The predicted molar refractivity (Wildman–Crippen MR) is 69.3 cm³/mol. The summed E-state index contributed by atoms with van der Waals surface area (Å²) < 4.78 is 2.78. The number of imidazole rings is 1. The monoisotopic (exact) mass is 299 g/mol. The Morgan fingerprint density at radius 2 is 2.35 bits per heavy atom. The molecule has 1 amide bonds. The summed E-state index contributed by atoms with van der Waals surface area (Å²) in [5.74, 6) is 0.824. The average Bonchev–Trinajstić information content (AvgIpc) is 2.78. The van der Waals surface area contributed by atoms with E-state index in [9.17, 15) is 4.79 Å². The van der Waals surface area contributed by atoms with E-state index >= 15 is 0 Å². The molecule has 0 radical (unpaired) electrons. The summed E-state index contributed by atoms with van der Waals surface area (Å²) in [7, 11) is 1.95. The van der Waals surface area contributed by atoms with Gasteiger partial charge in [-0.3, -0.25) is 4.79 Å². The van der Waals surface area contributed by atoms with E-state index in [1.807, 2.05) is 22.7 Å². The number of carbonyl (C=O) groups is 1. The Kier molecular flexibility index (Phi) is 3.86. The highest BCUT2D eigenvalue weighted by Crippen LogP contribution is 2.24. The molecule has 94 valence electrons. The van der Waals surface area contributed by atoms with Crippen LogP contribution in [-0.4, -0.2) is 26.9 Å². The number of aromatic nitrogens is 2. The average molecular weight is 300 g/mol. The SMILES string of the molecule is CCCC1CC(=O)N(Cc2cnc(Br)n2C)C1. The van der Waals surface area contributed by atoms with Gasteiger partial charge < -0.3 is 9.47 Å². The maximum atomic E-state index is 11.9. The number of hydrogen-bond acceptors (Lipinski definition) is 2. The minimum Gasteiger partial charge on any atom is -0.337 e. The summed E-state index contributed by atoms with van der Waals surface area (Å²) >= 11 is 3.37. The molecule has 0 bridgehead atoms. The summed E-state index contributed by atoms with van der Waals surface area (Å²) in [4.78, 5) is 18.0. The predicted octanol–water partition coefficient (Wildman–Crippen LogP) is 2.33. The van der Waals surface area contributed by atoms with Gasteiger partial charge in [0, 0.05) is 20.0 Å². The summed E-state index contributed by atoms with van der Waals surface area (Å²) in [5.41, 5.74) is 1.07. The molecular weight excluding hydrogens is 282 g/mol. The third-order valence-electron chi connectivity index (χ3n) is 3.37. The van der Waals surface area contributed by atoms with Crippen molar-refractivity contribution in [2.75, 3.05) is 6.54 Å². The minimum absolute atomic E-state index is 0.278. The summed E-state index contributed by atoms with van der Waals surface area (Å²) in [5, 5.41) is 0. The lowest BCUT2D eigenvalue weighted by Crippen LogP contribution is -2.25. The lowest BCUT2D eigenvalue weighted by molar-refractivity contribution is -0.128. The van der Waals surface area contributed by atoms with Crippen LogP contribution in [-0.2, 0) is 18.4 Å². The highest BCUT2D eigenvalue weighted by atomic mass is 79.9. The van der Waals surface area contributed by atoms with Crippen molar-refractivity contribution in [3.05, 3.63) is 16.6 Å². The fraction of sp³-hybridized carbons (Fsp3) is 0.667. The molecule has 1 aliphatic heterocycles. The molecule has 1 unspecified atom stereocenters. The smallest absolute Gasteiger partial charge is 0.223 e. The van der Waals surface area contributed by atoms with Gasteiger partial charge in [0.15, 0.2) is 4.73 Å². The van der Waals surface area contributed by atoms with E-state index in [0.717, 1.165) is 29.8 Å². The largest absolute Gasteiger partial charge is 0.337 e. The Bertz CT molecular complexity index is 416. The van der Waals surface area contributed by atoms with Crippen molar-refractivity contribution >= 4 is 21.8 Å². The van der Waals surface area contributed by atoms with Gasteiger partial charge in [0.2, 0.25) is 5.91 Å². The van der Waals surface area contributed by atoms with Gasteiger partial charge in [0.25, 0.3) is 0 Å². The lowest BCUT2D eigenvalue weighted by Gasteiger charge is -2.16. The number of carbonyl (C=O) groups excluding carboxylic acids is 1. The van der Waals surface area contributed by atoms with E-state index in [-0.39, 0.29) is 5.91 Å². The Morgan fingerprint density at radius 1 is 1.59 bits per heavy atom. The molecule has 1 aliphatic rings. The highest BCUT2D eigenvalue weighted by Gasteiger charge is 2.29. The Morgan fingerprint density at radius 3 is 2.94 bits per heavy atom. The van der Waals surface area contributed by atoms with Crippen LogP contribution in [0.4, 0.5) is 0 Å². The number of likely N-dealkylation sites (tertiary alicyclic amines) is 1. The molecule has 0 N–H and O–H groups in total. The molecule has 1 saturated heterocycles. The zero-order valence-electron chi connectivity index (χ0n) is 10.3. The van der Waals surface area contributed by atoms with Gasteiger partial charge in [0.05, 0.1) is 18.4 Å². The Labute approximate surface area is 110 Å². The molecule has 5 heteroatoms. The zero-order valence-corrected chi connectivity index (χ0v) is 11.9. The van der Waals surface area contributed by atoms with Crippen molar-refractivity contribution in [3.63, 3.8) is 0 Å². The van der Waals surface area contributed by atoms with Gasteiger partial charge >= 0.3 is 0 Å². The van der Waals surface area contributed by atoms with E-state index in [4.69, 9.17) is 0 Å². The van der Waals surface area contributed by atoms with E-state index in [1.54, 1.807) is 0 Å². The Hall–Kier alpha value is -0.840. The molecule has 0 aliphatic carbocycles. The fourth-order valence-electron chi connectivity index (χ4n) is 2.37. The Balaban J connectivity index is 2.00. The molecule has 4 nitrogen and oxygen atoms in total. The normalized spacial score (nSPS) is 20.3. The van der Waals surface area contributed by atoms with E-state index in [0.29, 0.717) is 18.9 Å². The molecule has 0 spiro atoms. The minimum atomic E-state index is 0.278. The van der Waals surface area contributed by atoms with Crippen molar-refractivity contribution in [1.82, 2.24) is 14.5 Å². The van der Waals surface area contributed by atoms with Crippen LogP contribution in [0.5, 0.6) is 0 Å². The van der Waals surface area contributed by atoms with Crippen molar-refractivity contribution in [1.29, 1.82) is 0 Å². The second-order valence-electron chi connectivity index (χ2n) is 4.71. The maximum absolute atomic E-state index is 11.9. The molecule has 0 aromatic carbocycles. The number of hydrogen-bond donors (Lipinski definition) is 0. The van der Waals surface area contributed by atoms with Gasteiger partial charge in [-0.05, 0) is 28.3 Å². The molecular formula is C12H18BrN3O. The molecule has 2 heterocycles. The standard InChI is InChI=1S/C12H18BrN3O/c1-3-4-9-5-11(17)16(7-9)8-10-6-14-12(13)15(10)2/h6,9H,3-5,7-8H2,1-2H3. The second kappa shape index (κ2) is 5.21. The van der Waals surface area contributed by atoms with Gasteiger partial charge in [-0.1, -0.05) is 13.3 Å². The third-order valence-corrected chi connectivity index (χ3v) is 4.11. The van der Waals surface area contributed by atoms with Gasteiger partial charge in [0.1, 0.15) is 0 Å². The van der Waals surface area contributed by atoms with Gasteiger partial charge in [-0.15, -0.1) is 0 Å².